The third-order valence-corrected chi connectivity index (χ3v) is 3.17. The van der Waals surface area contributed by atoms with E-state index in [1.165, 1.54) is 24.5 Å². The number of ether oxygens (including phenoxy) is 1. The summed E-state index contributed by atoms with van der Waals surface area (Å²) in [6.45, 7) is -0.191. The molecule has 1 aromatic carbocycles. The number of rotatable bonds is 2. The summed E-state index contributed by atoms with van der Waals surface area (Å²) in [6, 6.07) is 6.65. The zero-order valence-electron chi connectivity index (χ0n) is 12.2. The van der Waals surface area contributed by atoms with E-state index in [1.807, 2.05) is 0 Å². The van der Waals surface area contributed by atoms with Crippen molar-refractivity contribution in [3.63, 3.8) is 0 Å². The molecule has 0 saturated heterocycles. The molecule has 0 bridgehead atoms. The first-order valence-electron chi connectivity index (χ1n) is 6.82. The second-order valence-corrected chi connectivity index (χ2v) is 4.79. The van der Waals surface area contributed by atoms with Gasteiger partial charge in [0.05, 0.1) is 16.6 Å². The summed E-state index contributed by atoms with van der Waals surface area (Å²) in [5.41, 5.74) is 5.93. The molecule has 0 radical (unpaired) electrons. The number of hydrogen-bond acceptors (Lipinski definition) is 4. The van der Waals surface area contributed by atoms with E-state index in [-0.39, 0.29) is 12.4 Å². The number of aromatic nitrogens is 3. The number of nitrogens with two attached hydrogens (primary N) is 1. The number of benzene rings is 1. The Morgan fingerprint density at radius 3 is 2.75 bits per heavy atom. The predicted molar refractivity (Wildman–Crippen MR) is 82.1 cm³/mol. The lowest BCUT2D eigenvalue weighted by molar-refractivity contribution is -0.138. The molecule has 122 valence electrons. The van der Waals surface area contributed by atoms with Crippen molar-refractivity contribution in [3.8, 4) is 17.6 Å². The molecular formula is C16H11F3N4O. The molecule has 0 saturated carbocycles. The van der Waals surface area contributed by atoms with Crippen LogP contribution in [0.3, 0.4) is 0 Å². The minimum atomic E-state index is -4.47. The predicted octanol–water partition coefficient (Wildman–Crippen LogP) is 2.99. The number of anilines is 1. The van der Waals surface area contributed by atoms with Gasteiger partial charge in [-0.2, -0.15) is 13.2 Å². The van der Waals surface area contributed by atoms with Crippen molar-refractivity contribution in [1.29, 1.82) is 0 Å². The maximum absolute atomic E-state index is 12.8. The van der Waals surface area contributed by atoms with Gasteiger partial charge in [0, 0.05) is 0 Å². The van der Waals surface area contributed by atoms with Crippen LogP contribution in [0.5, 0.6) is 5.75 Å². The Morgan fingerprint density at radius 2 is 2.00 bits per heavy atom. The monoisotopic (exact) mass is 332 g/mol. The van der Waals surface area contributed by atoms with Crippen LogP contribution in [0.25, 0.3) is 11.0 Å². The van der Waals surface area contributed by atoms with Gasteiger partial charge in [-0.05, 0) is 24.1 Å². The summed E-state index contributed by atoms with van der Waals surface area (Å²) in [5, 5.41) is 0.630. The fourth-order valence-electron chi connectivity index (χ4n) is 2.10. The molecule has 0 aliphatic heterocycles. The van der Waals surface area contributed by atoms with Gasteiger partial charge in [0.1, 0.15) is 30.1 Å². The van der Waals surface area contributed by atoms with Crippen LogP contribution in [-0.2, 0) is 6.18 Å². The lowest BCUT2D eigenvalue weighted by atomic mass is 10.2. The molecule has 0 amide bonds. The Hall–Kier alpha value is -3.21. The van der Waals surface area contributed by atoms with Crippen molar-refractivity contribution in [3.05, 3.63) is 47.9 Å². The van der Waals surface area contributed by atoms with E-state index >= 15 is 0 Å². The topological polar surface area (TPSA) is 76.8 Å². The van der Waals surface area contributed by atoms with E-state index in [0.717, 1.165) is 6.07 Å². The van der Waals surface area contributed by atoms with Crippen LogP contribution in [-0.4, -0.2) is 21.6 Å². The first-order chi connectivity index (χ1) is 11.4. The average Bonchev–Trinajstić information content (AvgIpc) is 2.95. The summed E-state index contributed by atoms with van der Waals surface area (Å²) in [6.07, 6.45) is -3.15. The van der Waals surface area contributed by atoms with Crippen LogP contribution in [0, 0.1) is 11.8 Å². The molecule has 0 unspecified atom stereocenters. The van der Waals surface area contributed by atoms with Gasteiger partial charge in [0.15, 0.2) is 0 Å². The van der Waals surface area contributed by atoms with Gasteiger partial charge in [-0.3, -0.25) is 0 Å². The molecule has 0 aliphatic carbocycles. The number of hydrogen-bond donors (Lipinski definition) is 2. The molecule has 0 aliphatic rings. The molecule has 0 fully saturated rings. The highest BCUT2D eigenvalue weighted by Crippen LogP contribution is 2.35. The van der Waals surface area contributed by atoms with E-state index in [1.54, 1.807) is 6.07 Å². The standard InChI is InChI=1S/C16H11F3N4O/c17-16(18,19)12-5-1-2-6-13(12)24-7-3-4-10-8-11-14(20)21-9-22-15(11)23-10/h1-2,5-6,8-9H,7H2,(H3,20,21,22,23). The molecule has 3 rings (SSSR count). The lowest BCUT2D eigenvalue weighted by Gasteiger charge is -2.11. The summed E-state index contributed by atoms with van der Waals surface area (Å²) >= 11 is 0. The molecule has 3 aromatic rings. The molecule has 8 heteroatoms. The van der Waals surface area contributed by atoms with Crippen molar-refractivity contribution in [2.75, 3.05) is 12.3 Å². The number of alkyl halides is 3. The number of halogens is 3. The second kappa shape index (κ2) is 6.12. The number of aromatic amines is 1. The Balaban J connectivity index is 1.74. The minimum absolute atomic E-state index is 0.191. The highest BCUT2D eigenvalue weighted by atomic mass is 19.4. The van der Waals surface area contributed by atoms with Crippen molar-refractivity contribution in [2.45, 2.75) is 6.18 Å². The number of fused-ring (bicyclic) bond motifs is 1. The third-order valence-electron chi connectivity index (χ3n) is 3.17. The molecule has 24 heavy (non-hydrogen) atoms. The first-order valence-corrected chi connectivity index (χ1v) is 6.82. The van der Waals surface area contributed by atoms with Crippen LogP contribution < -0.4 is 10.5 Å². The van der Waals surface area contributed by atoms with Gasteiger partial charge >= 0.3 is 6.18 Å². The van der Waals surface area contributed by atoms with Gasteiger partial charge in [0.2, 0.25) is 0 Å². The van der Waals surface area contributed by atoms with Crippen molar-refractivity contribution >= 4 is 16.9 Å². The largest absolute Gasteiger partial charge is 0.480 e. The van der Waals surface area contributed by atoms with Gasteiger partial charge in [0.25, 0.3) is 0 Å². The molecule has 2 heterocycles. The summed E-state index contributed by atoms with van der Waals surface area (Å²) < 4.78 is 43.6. The highest BCUT2D eigenvalue weighted by Gasteiger charge is 2.33. The van der Waals surface area contributed by atoms with Crippen molar-refractivity contribution < 1.29 is 17.9 Å². The zero-order chi connectivity index (χ0) is 17.2. The molecule has 0 atom stereocenters. The van der Waals surface area contributed by atoms with Crippen LogP contribution in [0.15, 0.2) is 36.7 Å². The van der Waals surface area contributed by atoms with Crippen molar-refractivity contribution in [1.82, 2.24) is 15.0 Å². The SMILES string of the molecule is Nc1ncnc2[nH]c(C#CCOc3ccccc3C(F)(F)F)cc12. The Morgan fingerprint density at radius 1 is 1.21 bits per heavy atom. The maximum atomic E-state index is 12.8. The fraction of sp³-hybridized carbons (Fsp3) is 0.125. The number of nitrogen functional groups attached to an aromatic ring is 1. The molecular weight excluding hydrogens is 321 g/mol. The van der Waals surface area contributed by atoms with E-state index in [4.69, 9.17) is 10.5 Å². The molecule has 0 spiro atoms. The lowest BCUT2D eigenvalue weighted by Crippen LogP contribution is -2.08. The smallest absolute Gasteiger partial charge is 0.419 e. The Bertz CT molecular complexity index is 938. The normalized spacial score (nSPS) is 11.1. The van der Waals surface area contributed by atoms with E-state index < -0.39 is 11.7 Å². The summed E-state index contributed by atoms with van der Waals surface area (Å²) in [7, 11) is 0. The van der Waals surface area contributed by atoms with Crippen LogP contribution in [0.1, 0.15) is 11.3 Å². The van der Waals surface area contributed by atoms with Crippen LogP contribution in [0.2, 0.25) is 0 Å². The van der Waals surface area contributed by atoms with E-state index in [0.29, 0.717) is 22.5 Å². The molecule has 2 aromatic heterocycles. The van der Waals surface area contributed by atoms with Gasteiger partial charge in [-0.15, -0.1) is 0 Å². The number of nitrogens with zero attached hydrogens (tertiary/aromatic N) is 2. The van der Waals surface area contributed by atoms with Crippen LogP contribution >= 0.6 is 0 Å². The Kier molecular flexibility index (Phi) is 4.00. The summed E-state index contributed by atoms with van der Waals surface area (Å²) in [5.74, 6) is 5.46. The zero-order valence-corrected chi connectivity index (χ0v) is 12.2. The van der Waals surface area contributed by atoms with Crippen molar-refractivity contribution in [2.24, 2.45) is 0 Å². The van der Waals surface area contributed by atoms with Gasteiger partial charge in [-0.1, -0.05) is 18.1 Å². The van der Waals surface area contributed by atoms with E-state index in [2.05, 4.69) is 26.8 Å². The van der Waals surface area contributed by atoms with Gasteiger partial charge in [-0.25, -0.2) is 9.97 Å². The number of H-pyrrole nitrogens is 1. The molecule has 3 N–H and O–H groups in total. The third kappa shape index (κ3) is 3.25. The van der Waals surface area contributed by atoms with Gasteiger partial charge < -0.3 is 15.5 Å². The number of para-hydroxylation sites is 1. The number of nitrogens with one attached hydrogen (secondary N) is 1. The highest BCUT2D eigenvalue weighted by molar-refractivity contribution is 5.87. The minimum Gasteiger partial charge on any atom is -0.480 e. The first kappa shape index (κ1) is 15.7. The average molecular weight is 332 g/mol. The fourth-order valence-corrected chi connectivity index (χ4v) is 2.10. The molecule has 5 nitrogen and oxygen atoms in total. The quantitative estimate of drug-likeness (QED) is 0.707. The van der Waals surface area contributed by atoms with Crippen LogP contribution in [0.4, 0.5) is 19.0 Å². The summed E-state index contributed by atoms with van der Waals surface area (Å²) in [4.78, 5) is 10.8. The Labute approximate surface area is 134 Å². The maximum Gasteiger partial charge on any atom is 0.419 e. The van der Waals surface area contributed by atoms with E-state index in [9.17, 15) is 13.2 Å². The second-order valence-electron chi connectivity index (χ2n) is 4.79.